The van der Waals surface area contributed by atoms with Crippen LogP contribution in [0.15, 0.2) is 279 Å². The second-order valence-corrected chi connectivity index (χ2v) is 18.8. The van der Waals surface area contributed by atoms with E-state index in [4.69, 9.17) is 8.75 Å². The number of anilines is 3. The Morgan fingerprint density at radius 2 is 0.699 bits per heavy atom. The highest BCUT2D eigenvalue weighted by Crippen LogP contribution is 2.43. The Balaban J connectivity index is 0.871. The lowest BCUT2D eigenvalue weighted by atomic mass is 9.85. The van der Waals surface area contributed by atoms with Gasteiger partial charge in [0.25, 0.3) is 0 Å². The molecule has 0 radical (unpaired) electrons. The number of nitrogens with zero attached hydrogens (tertiary/aromatic N) is 4. The fourth-order valence-electron chi connectivity index (χ4n) is 10.5. The number of hydrogen-bond donors (Lipinski definition) is 0. The third-order valence-corrected chi connectivity index (χ3v) is 14.5. The molecule has 5 heteroatoms. The number of aromatic nitrogens is 3. The van der Waals surface area contributed by atoms with Crippen LogP contribution < -0.4 is 4.90 Å². The van der Waals surface area contributed by atoms with Gasteiger partial charge in [-0.3, -0.25) is 0 Å². The maximum atomic E-state index is 5.01. The minimum atomic E-state index is 0.855. The number of fused-ring (bicyclic) bond motifs is 4. The molecule has 0 saturated heterocycles. The van der Waals surface area contributed by atoms with Crippen LogP contribution in [0.25, 0.3) is 83.1 Å². The smallest absolute Gasteiger partial charge is 0.129 e. The van der Waals surface area contributed by atoms with Gasteiger partial charge in [0.05, 0.1) is 28.4 Å². The van der Waals surface area contributed by atoms with Gasteiger partial charge in [-0.15, -0.1) is 0 Å². The molecule has 0 aliphatic heterocycles. The van der Waals surface area contributed by atoms with Crippen molar-refractivity contribution in [2.24, 2.45) is 0 Å². The van der Waals surface area contributed by atoms with E-state index >= 15 is 0 Å². The Hall–Kier alpha value is -9.42. The molecule has 0 atom stereocenters. The summed E-state index contributed by atoms with van der Waals surface area (Å²) in [5.41, 5.74) is 22.1. The molecule has 13 rings (SSSR count). The molecule has 2 aromatic heterocycles. The van der Waals surface area contributed by atoms with Crippen molar-refractivity contribution in [3.63, 3.8) is 0 Å². The molecule has 0 N–H and O–H groups in total. The van der Waals surface area contributed by atoms with Crippen LogP contribution in [0.4, 0.5) is 17.1 Å². The van der Waals surface area contributed by atoms with Crippen molar-refractivity contribution in [3.05, 3.63) is 301 Å². The Kier molecular flexibility index (Phi) is 11.4. The molecule has 0 unspecified atom stereocenters. The quantitative estimate of drug-likeness (QED) is 0.121. The van der Waals surface area contributed by atoms with Crippen LogP contribution in [0.2, 0.25) is 0 Å². The molecule has 0 amide bonds. The lowest BCUT2D eigenvalue weighted by molar-refractivity contribution is 1.18. The molecule has 0 spiro atoms. The molecule has 0 aliphatic carbocycles. The van der Waals surface area contributed by atoms with E-state index in [1.165, 1.54) is 66.9 Å². The van der Waals surface area contributed by atoms with Gasteiger partial charge in [0.1, 0.15) is 11.0 Å². The highest BCUT2D eigenvalue weighted by atomic mass is 32.1. The van der Waals surface area contributed by atoms with E-state index in [1.54, 1.807) is 0 Å². The van der Waals surface area contributed by atoms with E-state index in [0.29, 0.717) is 0 Å². The van der Waals surface area contributed by atoms with Gasteiger partial charge in [0.2, 0.25) is 0 Å². The molecule has 0 fully saturated rings. The second kappa shape index (κ2) is 19.1. The molecule has 344 valence electrons. The highest BCUT2D eigenvalue weighted by Gasteiger charge is 2.22. The predicted octanol–water partition coefficient (Wildman–Crippen LogP) is 18.3. The van der Waals surface area contributed by atoms with Gasteiger partial charge >= 0.3 is 0 Å². The first-order chi connectivity index (χ1) is 36.2. The summed E-state index contributed by atoms with van der Waals surface area (Å²) in [7, 11) is 0. The second-order valence-electron chi connectivity index (χ2n) is 18.2. The Morgan fingerprint density at radius 1 is 0.315 bits per heavy atom. The van der Waals surface area contributed by atoms with Gasteiger partial charge in [-0.1, -0.05) is 218 Å². The number of benzene rings is 11. The summed E-state index contributed by atoms with van der Waals surface area (Å²) in [5.74, 6) is 0. The van der Waals surface area contributed by atoms with Crippen LogP contribution in [-0.4, -0.2) is 13.3 Å². The van der Waals surface area contributed by atoms with E-state index in [9.17, 15) is 0 Å². The largest absolute Gasteiger partial charge is 0.309 e. The minimum Gasteiger partial charge on any atom is -0.309 e. The normalized spacial score (nSPS) is 11.3. The van der Waals surface area contributed by atoms with Crippen molar-refractivity contribution in [1.82, 2.24) is 13.3 Å². The van der Waals surface area contributed by atoms with Crippen molar-refractivity contribution < 1.29 is 0 Å². The summed E-state index contributed by atoms with van der Waals surface area (Å²) in [6.07, 6.45) is 0. The Bertz CT molecular complexity index is 3980. The molecule has 4 nitrogen and oxygen atoms in total. The average molecular weight is 951 g/mol. The van der Waals surface area contributed by atoms with Crippen LogP contribution >= 0.6 is 11.7 Å². The van der Waals surface area contributed by atoms with Gasteiger partial charge in [-0.25, -0.2) is 0 Å². The molecule has 13 aromatic rings. The first-order valence-corrected chi connectivity index (χ1v) is 25.4. The predicted molar refractivity (Wildman–Crippen MR) is 307 cm³/mol. The minimum absolute atomic E-state index is 0.855. The Morgan fingerprint density at radius 3 is 1.19 bits per heavy atom. The number of hydrogen-bond acceptors (Lipinski definition) is 4. The third-order valence-electron chi connectivity index (χ3n) is 14.0. The third kappa shape index (κ3) is 8.18. The van der Waals surface area contributed by atoms with Crippen LogP contribution in [0, 0.1) is 0 Å². The van der Waals surface area contributed by atoms with Crippen molar-refractivity contribution in [2.75, 3.05) is 4.90 Å². The lowest BCUT2D eigenvalue weighted by Gasteiger charge is -2.26. The standard InChI is InChI=1S/C68H46N4S/c1-5-17-47(18-6-1)49-33-39-56(40-34-49)71(64-46-45-59(67-68(64)70-73-69-67)51-37-43-58(44-38-51)72-62-27-15-13-25-60(62)61-26-14-16-28-63(61)72)57-41-35-50(36-42-57)48-29-31-55(32-30-48)66(54-23-11-4-12-24-54)65(52-19-7-2-8-20-52)53-21-9-3-10-22-53/h1-46H. The topological polar surface area (TPSA) is 34.0 Å². The van der Waals surface area contributed by atoms with Crippen LogP contribution in [0.5, 0.6) is 0 Å². The van der Waals surface area contributed by atoms with Crippen LogP contribution in [-0.2, 0) is 0 Å². The van der Waals surface area contributed by atoms with Crippen molar-refractivity contribution in [3.8, 4) is 39.1 Å². The van der Waals surface area contributed by atoms with Gasteiger partial charge in [-0.05, 0) is 122 Å². The monoisotopic (exact) mass is 950 g/mol. The average Bonchev–Trinajstić information content (AvgIpc) is 4.10. The van der Waals surface area contributed by atoms with Gasteiger partial charge in [0.15, 0.2) is 0 Å². The van der Waals surface area contributed by atoms with Crippen molar-refractivity contribution in [2.45, 2.75) is 0 Å². The molecule has 0 bridgehead atoms. The van der Waals surface area contributed by atoms with Crippen LogP contribution in [0.1, 0.15) is 22.3 Å². The molecule has 73 heavy (non-hydrogen) atoms. The highest BCUT2D eigenvalue weighted by molar-refractivity contribution is 7.00. The SMILES string of the molecule is c1ccc(C(=C(c2ccccc2)c2ccc(-c3ccc(N(c4ccc(-c5ccccc5)cc4)c4ccc(-c5ccc(-n6c7ccccc7c7ccccc76)cc5)c5nsnc45)cc3)cc2)c2ccccc2)cc1. The summed E-state index contributed by atoms with van der Waals surface area (Å²) in [5, 5.41) is 2.50. The summed E-state index contributed by atoms with van der Waals surface area (Å²) >= 11 is 1.25. The molecule has 2 heterocycles. The fourth-order valence-corrected chi connectivity index (χ4v) is 11.0. The van der Waals surface area contributed by atoms with E-state index in [0.717, 1.165) is 67.2 Å². The van der Waals surface area contributed by atoms with E-state index in [2.05, 4.69) is 289 Å². The molecular formula is C68H46N4S. The fraction of sp³-hybridized carbons (Fsp3) is 0. The van der Waals surface area contributed by atoms with Crippen molar-refractivity contribution in [1.29, 1.82) is 0 Å². The van der Waals surface area contributed by atoms with E-state index < -0.39 is 0 Å². The number of para-hydroxylation sites is 2. The zero-order chi connectivity index (χ0) is 48.5. The lowest BCUT2D eigenvalue weighted by Crippen LogP contribution is -2.10. The van der Waals surface area contributed by atoms with E-state index in [1.807, 2.05) is 0 Å². The molecular weight excluding hydrogens is 905 g/mol. The zero-order valence-electron chi connectivity index (χ0n) is 39.8. The summed E-state index contributed by atoms with van der Waals surface area (Å²) in [4.78, 5) is 2.31. The molecule has 0 saturated carbocycles. The summed E-state index contributed by atoms with van der Waals surface area (Å²) < 4.78 is 12.3. The van der Waals surface area contributed by atoms with Gasteiger partial charge in [0, 0.05) is 33.4 Å². The maximum Gasteiger partial charge on any atom is 0.129 e. The van der Waals surface area contributed by atoms with E-state index in [-0.39, 0.29) is 0 Å². The first kappa shape index (κ1) is 43.6. The van der Waals surface area contributed by atoms with Crippen molar-refractivity contribution >= 4 is 72.8 Å². The molecule has 11 aromatic carbocycles. The maximum absolute atomic E-state index is 5.01. The van der Waals surface area contributed by atoms with Gasteiger partial charge in [-0.2, -0.15) is 8.75 Å². The number of rotatable bonds is 11. The summed E-state index contributed by atoms with van der Waals surface area (Å²) in [6, 6.07) is 100. The Labute approximate surface area is 429 Å². The first-order valence-electron chi connectivity index (χ1n) is 24.6. The van der Waals surface area contributed by atoms with Crippen LogP contribution in [0.3, 0.4) is 0 Å². The summed E-state index contributed by atoms with van der Waals surface area (Å²) in [6.45, 7) is 0. The zero-order valence-corrected chi connectivity index (χ0v) is 40.6. The van der Waals surface area contributed by atoms with Gasteiger partial charge < -0.3 is 9.47 Å². The molecule has 0 aliphatic rings.